The molecule has 0 bridgehead atoms. The fourth-order valence-electron chi connectivity index (χ4n) is 1.89. The summed E-state index contributed by atoms with van der Waals surface area (Å²) in [5.74, 6) is 0.432. The molecule has 0 atom stereocenters. The van der Waals surface area contributed by atoms with Crippen molar-refractivity contribution < 1.29 is 14.3 Å². The summed E-state index contributed by atoms with van der Waals surface area (Å²) in [7, 11) is 1.34. The predicted molar refractivity (Wildman–Crippen MR) is 83.3 cm³/mol. The van der Waals surface area contributed by atoms with Gasteiger partial charge in [-0.15, -0.1) is 0 Å². The number of nitrogen functional groups attached to an aromatic ring is 1. The quantitative estimate of drug-likeness (QED) is 0.672. The number of rotatable bonds is 5. The lowest BCUT2D eigenvalue weighted by Gasteiger charge is -2.08. The molecule has 1 heterocycles. The molecule has 1 aromatic heterocycles. The molecule has 1 aromatic carbocycles. The van der Waals surface area contributed by atoms with Crippen LogP contribution in [0.5, 0.6) is 5.75 Å². The van der Waals surface area contributed by atoms with Gasteiger partial charge in [0.1, 0.15) is 5.75 Å². The molecule has 2 N–H and O–H groups in total. The number of anilines is 1. The van der Waals surface area contributed by atoms with Crippen LogP contribution in [-0.2, 0) is 4.74 Å². The molecule has 2 rings (SSSR count). The van der Waals surface area contributed by atoms with Crippen LogP contribution in [0.4, 0.5) is 5.95 Å². The number of nitrogens with zero attached hydrogens (tertiary/aromatic N) is 3. The molecule has 0 aliphatic carbocycles. The van der Waals surface area contributed by atoms with Gasteiger partial charge in [-0.05, 0) is 32.0 Å². The van der Waals surface area contributed by atoms with Gasteiger partial charge in [0.05, 0.1) is 37.4 Å². The van der Waals surface area contributed by atoms with Crippen LogP contribution in [0.2, 0.25) is 0 Å². The topological polar surface area (TPSA) is 91.7 Å². The molecule has 0 aliphatic heterocycles. The van der Waals surface area contributed by atoms with E-state index in [4.69, 9.17) is 15.2 Å². The van der Waals surface area contributed by atoms with Crippen LogP contribution >= 0.6 is 0 Å². The Bertz CT molecular complexity index is 707. The minimum Gasteiger partial charge on any atom is -0.493 e. The molecular formula is C15H18N4O3. The van der Waals surface area contributed by atoms with E-state index < -0.39 is 5.97 Å². The lowest BCUT2D eigenvalue weighted by atomic mass is 10.1. The van der Waals surface area contributed by atoms with Crippen LogP contribution in [0, 0.1) is 6.92 Å². The van der Waals surface area contributed by atoms with Crippen molar-refractivity contribution in [1.82, 2.24) is 9.66 Å². The van der Waals surface area contributed by atoms with E-state index in [0.717, 1.165) is 11.3 Å². The van der Waals surface area contributed by atoms with Crippen molar-refractivity contribution in [3.05, 3.63) is 41.2 Å². The first-order valence-corrected chi connectivity index (χ1v) is 6.76. The highest BCUT2D eigenvalue weighted by Crippen LogP contribution is 2.20. The van der Waals surface area contributed by atoms with Gasteiger partial charge in [0, 0.05) is 5.56 Å². The maximum atomic E-state index is 11.6. The van der Waals surface area contributed by atoms with Crippen LogP contribution in [0.1, 0.15) is 28.5 Å². The molecule has 2 aromatic rings. The number of nitrogens with two attached hydrogens (primary N) is 1. The van der Waals surface area contributed by atoms with E-state index in [1.54, 1.807) is 30.6 Å². The smallest absolute Gasteiger partial charge is 0.337 e. The fraction of sp³-hybridized carbons (Fsp3) is 0.267. The number of esters is 1. The Hall–Kier alpha value is -2.83. The summed E-state index contributed by atoms with van der Waals surface area (Å²) >= 11 is 0. The Kier molecular flexibility index (Phi) is 4.77. The van der Waals surface area contributed by atoms with Crippen LogP contribution in [-0.4, -0.2) is 35.6 Å². The monoisotopic (exact) mass is 302 g/mol. The third-order valence-corrected chi connectivity index (χ3v) is 2.89. The van der Waals surface area contributed by atoms with E-state index in [0.29, 0.717) is 23.9 Å². The summed E-state index contributed by atoms with van der Waals surface area (Å²) in [5, 5.41) is 4.24. The number of ether oxygens (including phenoxy) is 2. The SMILES string of the molecule is CCOc1cc(C(=O)OC)ccc1C=Nn1cc(C)nc1N. The van der Waals surface area contributed by atoms with Crippen molar-refractivity contribution in [1.29, 1.82) is 0 Å². The molecule has 7 nitrogen and oxygen atoms in total. The number of aromatic nitrogens is 2. The highest BCUT2D eigenvalue weighted by Gasteiger charge is 2.10. The van der Waals surface area contributed by atoms with E-state index in [1.165, 1.54) is 11.8 Å². The Morgan fingerprint density at radius 1 is 1.50 bits per heavy atom. The first-order chi connectivity index (χ1) is 10.5. The number of carbonyl (C=O) groups is 1. The number of hydrogen-bond donors (Lipinski definition) is 1. The Morgan fingerprint density at radius 2 is 2.27 bits per heavy atom. The molecule has 0 spiro atoms. The molecule has 0 fully saturated rings. The first kappa shape index (κ1) is 15.6. The van der Waals surface area contributed by atoms with Gasteiger partial charge in [-0.1, -0.05) is 0 Å². The molecule has 0 aliphatic rings. The summed E-state index contributed by atoms with van der Waals surface area (Å²) < 4.78 is 11.7. The van der Waals surface area contributed by atoms with Gasteiger partial charge in [-0.2, -0.15) is 5.10 Å². The van der Waals surface area contributed by atoms with Crippen LogP contribution in [0.15, 0.2) is 29.5 Å². The zero-order chi connectivity index (χ0) is 16.1. The zero-order valence-corrected chi connectivity index (χ0v) is 12.7. The van der Waals surface area contributed by atoms with E-state index >= 15 is 0 Å². The van der Waals surface area contributed by atoms with Gasteiger partial charge in [0.25, 0.3) is 0 Å². The van der Waals surface area contributed by atoms with E-state index in [1.807, 2.05) is 13.8 Å². The van der Waals surface area contributed by atoms with E-state index in [-0.39, 0.29) is 0 Å². The van der Waals surface area contributed by atoms with Crippen molar-refractivity contribution in [3.63, 3.8) is 0 Å². The van der Waals surface area contributed by atoms with Crippen molar-refractivity contribution in [3.8, 4) is 5.75 Å². The van der Waals surface area contributed by atoms with Crippen molar-refractivity contribution >= 4 is 18.1 Å². The summed E-state index contributed by atoms with van der Waals surface area (Å²) in [5.41, 5.74) is 7.65. The third kappa shape index (κ3) is 3.43. The summed E-state index contributed by atoms with van der Waals surface area (Å²) in [4.78, 5) is 15.6. The molecule has 0 amide bonds. The average molecular weight is 302 g/mol. The second-order valence-electron chi connectivity index (χ2n) is 4.51. The van der Waals surface area contributed by atoms with Gasteiger partial charge in [-0.25, -0.2) is 14.5 Å². The van der Waals surface area contributed by atoms with Crippen molar-refractivity contribution in [2.75, 3.05) is 19.5 Å². The Balaban J connectivity index is 2.33. The van der Waals surface area contributed by atoms with Gasteiger partial charge >= 0.3 is 5.97 Å². The molecule has 0 saturated heterocycles. The lowest BCUT2D eigenvalue weighted by molar-refractivity contribution is 0.0600. The molecular weight excluding hydrogens is 284 g/mol. The Labute approximate surface area is 128 Å². The number of aryl methyl sites for hydroxylation is 1. The maximum absolute atomic E-state index is 11.6. The van der Waals surface area contributed by atoms with Gasteiger partial charge < -0.3 is 15.2 Å². The van der Waals surface area contributed by atoms with Gasteiger partial charge in [-0.3, -0.25) is 0 Å². The van der Waals surface area contributed by atoms with Crippen LogP contribution in [0.25, 0.3) is 0 Å². The second kappa shape index (κ2) is 6.75. The van der Waals surface area contributed by atoms with E-state index in [2.05, 4.69) is 10.1 Å². The minimum atomic E-state index is -0.418. The number of hydrogen-bond acceptors (Lipinski definition) is 6. The Morgan fingerprint density at radius 3 is 2.86 bits per heavy atom. The first-order valence-electron chi connectivity index (χ1n) is 6.76. The fourth-order valence-corrected chi connectivity index (χ4v) is 1.89. The molecule has 0 radical (unpaired) electrons. The van der Waals surface area contributed by atoms with Crippen LogP contribution < -0.4 is 10.5 Å². The average Bonchev–Trinajstić information content (AvgIpc) is 2.83. The second-order valence-corrected chi connectivity index (χ2v) is 4.51. The van der Waals surface area contributed by atoms with E-state index in [9.17, 15) is 4.79 Å². The lowest BCUT2D eigenvalue weighted by Crippen LogP contribution is -2.04. The zero-order valence-electron chi connectivity index (χ0n) is 12.7. The normalized spacial score (nSPS) is 10.9. The van der Waals surface area contributed by atoms with Gasteiger partial charge in [0.2, 0.25) is 5.95 Å². The van der Waals surface area contributed by atoms with Crippen molar-refractivity contribution in [2.45, 2.75) is 13.8 Å². The third-order valence-electron chi connectivity index (χ3n) is 2.89. The molecule has 7 heteroatoms. The number of methoxy groups -OCH3 is 1. The van der Waals surface area contributed by atoms with Gasteiger partial charge in [0.15, 0.2) is 0 Å². The van der Waals surface area contributed by atoms with Crippen LogP contribution in [0.3, 0.4) is 0 Å². The predicted octanol–water partition coefficient (Wildman–Crippen LogP) is 1.84. The minimum absolute atomic E-state index is 0.304. The highest BCUT2D eigenvalue weighted by molar-refractivity contribution is 5.92. The largest absolute Gasteiger partial charge is 0.493 e. The molecule has 116 valence electrons. The summed E-state index contributed by atoms with van der Waals surface area (Å²) in [6.07, 6.45) is 3.32. The standard InChI is InChI=1S/C15H18N4O3/c1-4-22-13-7-11(14(20)21-3)5-6-12(13)8-17-19-9-10(2)18-15(19)16/h5-9H,4H2,1-3H3,(H2,16,18). The maximum Gasteiger partial charge on any atom is 0.337 e. The number of carbonyl (C=O) groups excluding carboxylic acids is 1. The molecule has 0 unspecified atom stereocenters. The summed E-state index contributed by atoms with van der Waals surface area (Å²) in [6.45, 7) is 4.17. The number of imidazole rings is 1. The summed E-state index contributed by atoms with van der Waals surface area (Å²) in [6, 6.07) is 5.01. The highest BCUT2D eigenvalue weighted by atomic mass is 16.5. The molecule has 22 heavy (non-hydrogen) atoms. The number of benzene rings is 1. The molecule has 0 saturated carbocycles. The van der Waals surface area contributed by atoms with Crippen molar-refractivity contribution in [2.24, 2.45) is 5.10 Å².